The van der Waals surface area contributed by atoms with Crippen LogP contribution in [0.25, 0.3) is 0 Å². The molecule has 1 aliphatic heterocycles. The normalized spacial score (nSPS) is 14.9. The molecule has 1 aliphatic rings. The van der Waals surface area contributed by atoms with Crippen LogP contribution in [0.2, 0.25) is 0 Å². The first-order chi connectivity index (χ1) is 5.29. The summed E-state index contributed by atoms with van der Waals surface area (Å²) in [5.74, 6) is 0.531. The Balaban J connectivity index is 2.72. The fraction of sp³-hybridized carbons (Fsp3) is 0.429. The Labute approximate surface area is 63.1 Å². The lowest BCUT2D eigenvalue weighted by molar-refractivity contribution is 0.454. The Morgan fingerprint density at radius 2 is 2.45 bits per heavy atom. The average molecular weight is 152 g/mol. The third-order valence-corrected chi connectivity index (χ3v) is 1.89. The quantitative estimate of drug-likeness (QED) is 0.564. The highest BCUT2D eigenvalue weighted by Gasteiger charge is 2.14. The van der Waals surface area contributed by atoms with Gasteiger partial charge in [0.05, 0.1) is 6.20 Å². The predicted octanol–water partition coefficient (Wildman–Crippen LogP) is -0.105. The van der Waals surface area contributed by atoms with Crippen molar-refractivity contribution in [2.24, 2.45) is 0 Å². The molecule has 0 spiro atoms. The van der Waals surface area contributed by atoms with E-state index in [9.17, 15) is 4.79 Å². The summed E-state index contributed by atoms with van der Waals surface area (Å²) in [6.45, 7) is 0.690. The lowest BCUT2D eigenvalue weighted by atomic mass is 10.4. The van der Waals surface area contributed by atoms with Gasteiger partial charge in [0, 0.05) is 13.0 Å². The van der Waals surface area contributed by atoms with Gasteiger partial charge in [-0.1, -0.05) is 0 Å². The number of aromatic nitrogens is 2. The first-order valence-corrected chi connectivity index (χ1v) is 3.57. The Bertz CT molecular complexity index is 343. The fourth-order valence-electron chi connectivity index (χ4n) is 1.34. The van der Waals surface area contributed by atoms with Crippen molar-refractivity contribution in [3.8, 4) is 5.75 Å². The number of aromatic hydroxyl groups is 1. The topological polar surface area (TPSA) is 55.1 Å². The van der Waals surface area contributed by atoms with E-state index in [-0.39, 0.29) is 11.3 Å². The second kappa shape index (κ2) is 2.08. The van der Waals surface area contributed by atoms with E-state index in [0.717, 1.165) is 18.7 Å². The Morgan fingerprint density at radius 3 is 3.27 bits per heavy atom. The Morgan fingerprint density at radius 1 is 1.64 bits per heavy atom. The zero-order valence-electron chi connectivity index (χ0n) is 5.95. The molecule has 4 heteroatoms. The summed E-state index contributed by atoms with van der Waals surface area (Å²) in [5.41, 5.74) is -0.312. The number of rotatable bonds is 0. The molecule has 2 heterocycles. The number of nitrogens with zero attached hydrogens (tertiary/aromatic N) is 2. The van der Waals surface area contributed by atoms with Crippen molar-refractivity contribution >= 4 is 0 Å². The summed E-state index contributed by atoms with van der Waals surface area (Å²) < 4.78 is 1.52. The van der Waals surface area contributed by atoms with E-state index in [1.165, 1.54) is 10.8 Å². The zero-order chi connectivity index (χ0) is 7.84. The Hall–Kier alpha value is -1.32. The van der Waals surface area contributed by atoms with E-state index in [1.807, 2.05) is 0 Å². The Kier molecular flexibility index (Phi) is 1.21. The smallest absolute Gasteiger partial charge is 0.295 e. The van der Waals surface area contributed by atoms with Crippen LogP contribution in [0.3, 0.4) is 0 Å². The van der Waals surface area contributed by atoms with E-state index in [2.05, 4.69) is 4.98 Å². The second-order valence-electron chi connectivity index (χ2n) is 2.62. The van der Waals surface area contributed by atoms with Gasteiger partial charge in [-0.15, -0.1) is 0 Å². The highest BCUT2D eigenvalue weighted by atomic mass is 16.3. The van der Waals surface area contributed by atoms with Gasteiger partial charge < -0.3 is 5.11 Å². The van der Waals surface area contributed by atoms with Crippen LogP contribution in [-0.2, 0) is 13.0 Å². The standard InChI is InChI=1S/C7H8N2O2/c10-5-4-8-6-2-1-3-9(6)7(5)11/h4,10H,1-3H2. The van der Waals surface area contributed by atoms with Crippen LogP contribution in [0, 0.1) is 0 Å². The van der Waals surface area contributed by atoms with Crippen molar-refractivity contribution in [1.29, 1.82) is 0 Å². The average Bonchev–Trinajstić information content (AvgIpc) is 2.45. The maximum atomic E-state index is 11.1. The van der Waals surface area contributed by atoms with Gasteiger partial charge in [0.15, 0.2) is 5.75 Å². The molecule has 0 saturated carbocycles. The van der Waals surface area contributed by atoms with Gasteiger partial charge in [-0.3, -0.25) is 9.36 Å². The van der Waals surface area contributed by atoms with Crippen LogP contribution in [0.5, 0.6) is 5.75 Å². The van der Waals surface area contributed by atoms with E-state index >= 15 is 0 Å². The molecule has 2 rings (SSSR count). The maximum absolute atomic E-state index is 11.1. The maximum Gasteiger partial charge on any atom is 0.295 e. The molecule has 0 radical (unpaired) electrons. The van der Waals surface area contributed by atoms with Crippen molar-refractivity contribution in [3.05, 3.63) is 22.4 Å². The van der Waals surface area contributed by atoms with E-state index in [4.69, 9.17) is 5.11 Å². The van der Waals surface area contributed by atoms with Crippen molar-refractivity contribution in [2.75, 3.05) is 0 Å². The monoisotopic (exact) mass is 152 g/mol. The minimum atomic E-state index is -0.312. The van der Waals surface area contributed by atoms with E-state index in [0.29, 0.717) is 6.54 Å². The van der Waals surface area contributed by atoms with Gasteiger partial charge >= 0.3 is 0 Å². The predicted molar refractivity (Wildman–Crippen MR) is 38.5 cm³/mol. The summed E-state index contributed by atoms with van der Waals surface area (Å²) in [7, 11) is 0. The molecule has 1 aromatic rings. The molecule has 0 aliphatic carbocycles. The van der Waals surface area contributed by atoms with E-state index in [1.54, 1.807) is 0 Å². The van der Waals surface area contributed by atoms with Crippen LogP contribution >= 0.6 is 0 Å². The molecule has 1 N–H and O–H groups in total. The lowest BCUT2D eigenvalue weighted by Gasteiger charge is -1.99. The third-order valence-electron chi connectivity index (χ3n) is 1.89. The molecule has 11 heavy (non-hydrogen) atoms. The van der Waals surface area contributed by atoms with Crippen LogP contribution in [0.4, 0.5) is 0 Å². The summed E-state index contributed by atoms with van der Waals surface area (Å²) in [4.78, 5) is 15.1. The van der Waals surface area contributed by atoms with Gasteiger partial charge in [-0.25, -0.2) is 4.98 Å². The molecule has 0 saturated heterocycles. The molecular weight excluding hydrogens is 144 g/mol. The molecule has 4 nitrogen and oxygen atoms in total. The molecule has 58 valence electrons. The first kappa shape index (κ1) is 6.39. The molecular formula is C7H8N2O2. The van der Waals surface area contributed by atoms with Crippen molar-refractivity contribution in [2.45, 2.75) is 19.4 Å². The molecule has 0 unspecified atom stereocenters. The zero-order valence-corrected chi connectivity index (χ0v) is 5.95. The number of aryl methyl sites for hydroxylation is 1. The minimum absolute atomic E-state index is 0.254. The molecule has 0 atom stereocenters. The molecule has 0 bridgehead atoms. The lowest BCUT2D eigenvalue weighted by Crippen LogP contribution is -2.19. The summed E-state index contributed by atoms with van der Waals surface area (Å²) in [5, 5.41) is 8.99. The van der Waals surface area contributed by atoms with Crippen LogP contribution in [-0.4, -0.2) is 14.7 Å². The van der Waals surface area contributed by atoms with Gasteiger partial charge in [0.25, 0.3) is 5.56 Å². The highest BCUT2D eigenvalue weighted by Crippen LogP contribution is 2.10. The van der Waals surface area contributed by atoms with Gasteiger partial charge in [-0.2, -0.15) is 0 Å². The molecule has 0 aromatic carbocycles. The fourth-order valence-corrected chi connectivity index (χ4v) is 1.34. The van der Waals surface area contributed by atoms with E-state index < -0.39 is 0 Å². The van der Waals surface area contributed by atoms with Gasteiger partial charge in [-0.05, 0) is 6.42 Å². The number of fused-ring (bicyclic) bond motifs is 1. The SMILES string of the molecule is O=c1c(O)cnc2n1CCC2. The number of hydrogen-bond acceptors (Lipinski definition) is 3. The van der Waals surface area contributed by atoms with Crippen LogP contribution in [0.15, 0.2) is 11.0 Å². The highest BCUT2D eigenvalue weighted by molar-refractivity contribution is 5.13. The van der Waals surface area contributed by atoms with Crippen molar-refractivity contribution in [3.63, 3.8) is 0 Å². The van der Waals surface area contributed by atoms with Crippen LogP contribution in [0.1, 0.15) is 12.2 Å². The number of hydrogen-bond donors (Lipinski definition) is 1. The van der Waals surface area contributed by atoms with Gasteiger partial charge in [0.2, 0.25) is 0 Å². The van der Waals surface area contributed by atoms with Crippen molar-refractivity contribution in [1.82, 2.24) is 9.55 Å². The van der Waals surface area contributed by atoms with Crippen LogP contribution < -0.4 is 5.56 Å². The minimum Gasteiger partial charge on any atom is -0.502 e. The molecule has 0 amide bonds. The first-order valence-electron chi connectivity index (χ1n) is 3.57. The third kappa shape index (κ3) is 0.824. The summed E-state index contributed by atoms with van der Waals surface area (Å²) >= 11 is 0. The summed E-state index contributed by atoms with van der Waals surface area (Å²) in [6, 6.07) is 0. The van der Waals surface area contributed by atoms with Gasteiger partial charge in [0.1, 0.15) is 5.82 Å². The second-order valence-corrected chi connectivity index (χ2v) is 2.62. The van der Waals surface area contributed by atoms with Crippen molar-refractivity contribution < 1.29 is 5.11 Å². The molecule has 0 fully saturated rings. The summed E-state index contributed by atoms with van der Waals surface area (Å²) in [6.07, 6.45) is 3.01. The largest absolute Gasteiger partial charge is 0.502 e. The molecule has 1 aromatic heterocycles.